The zero-order chi connectivity index (χ0) is 19.8. The van der Waals surface area contributed by atoms with E-state index in [2.05, 4.69) is 56.8 Å². The van der Waals surface area contributed by atoms with Gasteiger partial charge in [-0.3, -0.25) is 14.7 Å². The third-order valence-electron chi connectivity index (χ3n) is 5.89. The van der Waals surface area contributed by atoms with Crippen LogP contribution in [0.5, 0.6) is 0 Å². The molecule has 0 radical (unpaired) electrons. The summed E-state index contributed by atoms with van der Waals surface area (Å²) < 4.78 is 1.81. The highest BCUT2D eigenvalue weighted by Gasteiger charge is 2.39. The summed E-state index contributed by atoms with van der Waals surface area (Å²) in [6, 6.07) is 14.4. The highest BCUT2D eigenvalue weighted by atomic mass is 16.2. The Hall–Kier alpha value is -3.19. The summed E-state index contributed by atoms with van der Waals surface area (Å²) in [4.78, 5) is 23.8. The van der Waals surface area contributed by atoms with Crippen LogP contribution in [0.1, 0.15) is 23.0 Å². The van der Waals surface area contributed by atoms with Crippen molar-refractivity contribution in [3.63, 3.8) is 0 Å². The number of hydrogen-bond donors (Lipinski definition) is 2. The van der Waals surface area contributed by atoms with Crippen LogP contribution in [-0.4, -0.2) is 44.7 Å². The van der Waals surface area contributed by atoms with Crippen molar-refractivity contribution in [3.8, 4) is 11.4 Å². The molecule has 2 aliphatic heterocycles. The molecule has 1 saturated heterocycles. The van der Waals surface area contributed by atoms with Crippen molar-refractivity contribution in [2.45, 2.75) is 19.6 Å². The van der Waals surface area contributed by atoms with E-state index in [-0.39, 0.29) is 12.1 Å². The van der Waals surface area contributed by atoms with E-state index in [1.807, 2.05) is 22.9 Å². The number of likely N-dealkylation sites (tertiary alicyclic amines) is 1. The van der Waals surface area contributed by atoms with Crippen molar-refractivity contribution in [2.24, 2.45) is 11.8 Å². The Morgan fingerprint density at radius 2 is 1.97 bits per heavy atom. The van der Waals surface area contributed by atoms with Crippen molar-refractivity contribution in [2.75, 3.05) is 18.5 Å². The first kappa shape index (κ1) is 17.9. The number of nitrogens with one attached hydrogen (secondary N) is 2. The molecule has 148 valence electrons. The average Bonchev–Trinajstić information content (AvgIpc) is 3.33. The third-order valence-corrected chi connectivity index (χ3v) is 5.89. The molecule has 4 heterocycles. The Morgan fingerprint density at radius 1 is 1.10 bits per heavy atom. The van der Waals surface area contributed by atoms with E-state index in [9.17, 15) is 4.79 Å². The van der Waals surface area contributed by atoms with Crippen LogP contribution in [0.15, 0.2) is 61.1 Å². The summed E-state index contributed by atoms with van der Waals surface area (Å²) in [6.07, 6.45) is 4.96. The molecule has 3 atom stereocenters. The first-order valence-electron chi connectivity index (χ1n) is 10.0. The summed E-state index contributed by atoms with van der Waals surface area (Å²) >= 11 is 0. The van der Waals surface area contributed by atoms with E-state index >= 15 is 0 Å². The standard InChI is InChI=1S/C22H24N6O/c1-15-12-27(13-16-6-3-2-4-7-16)14-18(15)20-25-22(29)19-11-24-21(28(19)26-20)17-8-5-9-23-10-17/h2-11,15,18,20,26H,12-14H2,1H3,(H,25,29). The van der Waals surface area contributed by atoms with Gasteiger partial charge in [0.2, 0.25) is 0 Å². The summed E-state index contributed by atoms with van der Waals surface area (Å²) in [5, 5.41) is 3.14. The number of pyridine rings is 1. The lowest BCUT2D eigenvalue weighted by molar-refractivity contribution is 0.0892. The molecule has 1 amide bonds. The molecule has 0 aliphatic carbocycles. The number of fused-ring (bicyclic) bond motifs is 1. The van der Waals surface area contributed by atoms with Crippen LogP contribution in [0.4, 0.5) is 0 Å². The second kappa shape index (κ2) is 7.33. The lowest BCUT2D eigenvalue weighted by Gasteiger charge is -2.34. The topological polar surface area (TPSA) is 75.1 Å². The smallest absolute Gasteiger partial charge is 0.273 e. The summed E-state index contributed by atoms with van der Waals surface area (Å²) in [5.74, 6) is 1.38. The lowest BCUT2D eigenvalue weighted by atomic mass is 9.94. The maximum atomic E-state index is 12.7. The quantitative estimate of drug-likeness (QED) is 0.718. The predicted octanol–water partition coefficient (Wildman–Crippen LogP) is 2.33. The maximum Gasteiger partial charge on any atom is 0.273 e. The van der Waals surface area contributed by atoms with Gasteiger partial charge in [-0.1, -0.05) is 37.3 Å². The van der Waals surface area contributed by atoms with Gasteiger partial charge in [-0.2, -0.15) is 0 Å². The average molecular weight is 388 g/mol. The van der Waals surface area contributed by atoms with Gasteiger partial charge in [0.15, 0.2) is 5.82 Å². The first-order chi connectivity index (χ1) is 14.2. The molecule has 7 heteroatoms. The fourth-order valence-electron chi connectivity index (χ4n) is 4.43. The van der Waals surface area contributed by atoms with Crippen LogP contribution in [0.2, 0.25) is 0 Å². The molecule has 0 saturated carbocycles. The van der Waals surface area contributed by atoms with E-state index in [0.717, 1.165) is 25.2 Å². The number of carbonyl (C=O) groups is 1. The summed E-state index contributed by atoms with van der Waals surface area (Å²) in [7, 11) is 0. The zero-order valence-corrected chi connectivity index (χ0v) is 16.3. The van der Waals surface area contributed by atoms with Crippen LogP contribution >= 0.6 is 0 Å². The number of imidazole rings is 1. The molecular formula is C22H24N6O. The Morgan fingerprint density at radius 3 is 2.76 bits per heavy atom. The molecule has 5 rings (SSSR count). The largest absolute Gasteiger partial charge is 0.329 e. The Balaban J connectivity index is 1.36. The van der Waals surface area contributed by atoms with Gasteiger partial charge in [-0.25, -0.2) is 9.66 Å². The minimum atomic E-state index is -0.143. The highest BCUT2D eigenvalue weighted by Crippen LogP contribution is 2.29. The predicted molar refractivity (Wildman–Crippen MR) is 110 cm³/mol. The fourth-order valence-corrected chi connectivity index (χ4v) is 4.43. The van der Waals surface area contributed by atoms with Gasteiger partial charge in [-0.05, 0) is 23.6 Å². The summed E-state index contributed by atoms with van der Waals surface area (Å²) in [5.41, 5.74) is 6.22. The van der Waals surface area contributed by atoms with Crippen LogP contribution in [0.25, 0.3) is 11.4 Å². The third kappa shape index (κ3) is 3.38. The van der Waals surface area contributed by atoms with Crippen LogP contribution < -0.4 is 10.7 Å². The number of amides is 1. The molecule has 1 fully saturated rings. The van der Waals surface area contributed by atoms with Crippen molar-refractivity contribution >= 4 is 5.91 Å². The number of benzene rings is 1. The molecule has 3 unspecified atom stereocenters. The molecular weight excluding hydrogens is 364 g/mol. The zero-order valence-electron chi connectivity index (χ0n) is 16.3. The molecule has 29 heavy (non-hydrogen) atoms. The second-order valence-electron chi connectivity index (χ2n) is 7.95. The molecule has 1 aromatic carbocycles. The van der Waals surface area contributed by atoms with Crippen molar-refractivity contribution in [1.29, 1.82) is 0 Å². The minimum Gasteiger partial charge on any atom is -0.329 e. The van der Waals surface area contributed by atoms with Crippen LogP contribution in [0, 0.1) is 11.8 Å². The van der Waals surface area contributed by atoms with E-state index in [1.54, 1.807) is 18.6 Å². The van der Waals surface area contributed by atoms with E-state index in [4.69, 9.17) is 0 Å². The van der Waals surface area contributed by atoms with Gasteiger partial charge in [-0.15, -0.1) is 0 Å². The number of carbonyl (C=O) groups excluding carboxylic acids is 1. The van der Waals surface area contributed by atoms with Crippen molar-refractivity contribution in [3.05, 3.63) is 72.3 Å². The fraction of sp³-hybridized carbons (Fsp3) is 0.318. The summed E-state index contributed by atoms with van der Waals surface area (Å²) in [6.45, 7) is 5.13. The monoisotopic (exact) mass is 388 g/mol. The van der Waals surface area contributed by atoms with Gasteiger partial charge in [0.25, 0.3) is 5.91 Å². The van der Waals surface area contributed by atoms with Gasteiger partial charge in [0, 0.05) is 43.5 Å². The maximum absolute atomic E-state index is 12.7. The Bertz CT molecular complexity index is 1000. The van der Waals surface area contributed by atoms with Crippen molar-refractivity contribution < 1.29 is 4.79 Å². The Kier molecular flexibility index (Phi) is 4.52. The van der Waals surface area contributed by atoms with E-state index in [0.29, 0.717) is 23.4 Å². The molecule has 2 aromatic heterocycles. The Labute approximate surface area is 169 Å². The lowest BCUT2D eigenvalue weighted by Crippen LogP contribution is -2.55. The second-order valence-corrected chi connectivity index (χ2v) is 7.95. The number of aromatic nitrogens is 3. The van der Waals surface area contributed by atoms with Gasteiger partial charge < -0.3 is 10.7 Å². The normalized spacial score (nSPS) is 24.0. The van der Waals surface area contributed by atoms with Gasteiger partial charge >= 0.3 is 0 Å². The van der Waals surface area contributed by atoms with Crippen LogP contribution in [-0.2, 0) is 6.54 Å². The number of nitrogens with zero attached hydrogens (tertiary/aromatic N) is 4. The highest BCUT2D eigenvalue weighted by molar-refractivity contribution is 5.94. The first-order valence-corrected chi connectivity index (χ1v) is 10.0. The number of hydrogen-bond acceptors (Lipinski definition) is 5. The number of rotatable bonds is 4. The molecule has 2 aliphatic rings. The molecule has 7 nitrogen and oxygen atoms in total. The molecule has 3 aromatic rings. The molecule has 2 N–H and O–H groups in total. The van der Waals surface area contributed by atoms with Gasteiger partial charge in [0.05, 0.1) is 6.20 Å². The minimum absolute atomic E-state index is 0.0925. The van der Waals surface area contributed by atoms with E-state index < -0.39 is 0 Å². The molecule has 0 bridgehead atoms. The van der Waals surface area contributed by atoms with E-state index in [1.165, 1.54) is 5.56 Å². The van der Waals surface area contributed by atoms with Crippen LogP contribution in [0.3, 0.4) is 0 Å². The van der Waals surface area contributed by atoms with Gasteiger partial charge in [0.1, 0.15) is 11.9 Å². The molecule has 0 spiro atoms. The van der Waals surface area contributed by atoms with Crippen molar-refractivity contribution in [1.82, 2.24) is 24.9 Å². The SMILES string of the molecule is CC1CN(Cc2ccccc2)CC1C1NC(=O)c2cnc(-c3cccnc3)n2N1.